The minimum Gasteiger partial charge on any atom is -0.420 e. The summed E-state index contributed by atoms with van der Waals surface area (Å²) >= 11 is 10.3. The number of hydrogen-bond acceptors (Lipinski definition) is 6. The number of rotatable bonds is 8. The highest BCUT2D eigenvalue weighted by atomic mass is 35.5. The van der Waals surface area contributed by atoms with Gasteiger partial charge in [0.15, 0.2) is 0 Å². The smallest absolute Gasteiger partial charge is 0.420 e. The number of hydrogen-bond donors (Lipinski definition) is 1. The lowest BCUT2D eigenvalue weighted by atomic mass is 10.1. The molecule has 1 fully saturated rings. The highest BCUT2D eigenvalue weighted by Gasteiger charge is 2.28. The van der Waals surface area contributed by atoms with Gasteiger partial charge in [-0.2, -0.15) is 0 Å². The van der Waals surface area contributed by atoms with Gasteiger partial charge in [0.1, 0.15) is 16.6 Å². The van der Waals surface area contributed by atoms with Gasteiger partial charge in [0.25, 0.3) is 5.91 Å². The van der Waals surface area contributed by atoms with Gasteiger partial charge in [0.05, 0.1) is 17.5 Å². The van der Waals surface area contributed by atoms with Crippen LogP contribution in [0.4, 0.5) is 20.3 Å². The number of aromatic nitrogens is 1. The molecule has 0 radical (unpaired) electrons. The lowest BCUT2D eigenvalue weighted by Crippen LogP contribution is -2.32. The highest BCUT2D eigenvalue weighted by Crippen LogP contribution is 2.28. The molecule has 35 heavy (non-hydrogen) atoms. The van der Waals surface area contributed by atoms with Gasteiger partial charge >= 0.3 is 5.57 Å². The van der Waals surface area contributed by atoms with E-state index in [1.165, 1.54) is 30.5 Å². The molecule has 1 aromatic heterocycles. The number of halogens is 3. The molecule has 12 heteroatoms. The van der Waals surface area contributed by atoms with Crippen LogP contribution in [0, 0.1) is 0 Å². The molecule has 1 saturated heterocycles. The van der Waals surface area contributed by atoms with Crippen molar-refractivity contribution in [2.24, 2.45) is 4.99 Å². The third kappa shape index (κ3) is 7.55. The maximum Gasteiger partial charge on any atom is 0.487 e. The first-order valence-corrected chi connectivity index (χ1v) is 11.5. The Morgan fingerprint density at radius 3 is 2.57 bits per heavy atom. The van der Waals surface area contributed by atoms with E-state index in [9.17, 15) is 13.6 Å². The molecule has 0 spiro atoms. The Kier molecular flexibility index (Phi) is 8.57. The summed E-state index contributed by atoms with van der Waals surface area (Å²) in [4.78, 5) is 28.2. The molecule has 0 bridgehead atoms. The maximum absolute atomic E-state index is 12.9. The molecule has 1 amide bonds. The van der Waals surface area contributed by atoms with Gasteiger partial charge in [-0.15, -0.1) is 8.78 Å². The number of nitrogens with zero attached hydrogens (tertiary/aromatic N) is 5. The third-order valence-corrected chi connectivity index (χ3v) is 5.71. The molecular formula is C23H27ClF2N6O2S. The minimum absolute atomic E-state index is 0.137. The first-order valence-electron chi connectivity index (χ1n) is 10.8. The summed E-state index contributed by atoms with van der Waals surface area (Å²) in [5.41, 5.74) is -2.57. The topological polar surface area (TPSA) is 73.3 Å². The first-order chi connectivity index (χ1) is 16.4. The fraction of sp³-hybridized carbons (Fsp3) is 0.391. The van der Waals surface area contributed by atoms with Crippen molar-refractivity contribution in [2.75, 3.05) is 51.5 Å². The van der Waals surface area contributed by atoms with E-state index in [2.05, 4.69) is 29.8 Å². The van der Waals surface area contributed by atoms with E-state index in [-0.39, 0.29) is 11.3 Å². The normalized spacial score (nSPS) is 16.1. The standard InChI is InChI=1S/C23H27ClF2N6O2S/c1-30(2)14-28-22(35)19-11-15(12-27-20(19)32-10-9-17(13-32)31(3)4)21(33)29-16-5-7-18(8-6-16)34-23(24,25)26/h5-8,11-12,14,17H,9-10,13H2,1-4H3,(H,29,33)/t17-/m1/s1. The van der Waals surface area contributed by atoms with Crippen molar-refractivity contribution in [3.8, 4) is 5.75 Å². The zero-order chi connectivity index (χ0) is 25.8. The highest BCUT2D eigenvalue weighted by molar-refractivity contribution is 7.80. The Hall–Kier alpha value is -2.89. The van der Waals surface area contributed by atoms with E-state index >= 15 is 0 Å². The molecular weight excluding hydrogens is 498 g/mol. The second-order valence-corrected chi connectivity index (χ2v) is 9.31. The van der Waals surface area contributed by atoms with E-state index in [4.69, 9.17) is 23.8 Å². The lowest BCUT2D eigenvalue weighted by molar-refractivity contribution is -0.0964. The van der Waals surface area contributed by atoms with Crippen LogP contribution in [0.2, 0.25) is 0 Å². The second kappa shape index (κ2) is 11.2. The molecule has 1 aromatic carbocycles. The van der Waals surface area contributed by atoms with Crippen LogP contribution in [-0.4, -0.2) is 84.9 Å². The van der Waals surface area contributed by atoms with Gasteiger partial charge in [-0.25, -0.2) is 9.98 Å². The molecule has 1 aliphatic heterocycles. The Morgan fingerprint density at radius 1 is 1.31 bits per heavy atom. The van der Waals surface area contributed by atoms with Gasteiger partial charge < -0.3 is 24.8 Å². The molecule has 3 rings (SSSR count). The van der Waals surface area contributed by atoms with Crippen molar-refractivity contribution in [3.05, 3.63) is 47.7 Å². The summed E-state index contributed by atoms with van der Waals surface area (Å²) in [6, 6.07) is 7.46. The van der Waals surface area contributed by atoms with Crippen LogP contribution >= 0.6 is 23.8 Å². The monoisotopic (exact) mass is 524 g/mol. The molecule has 8 nitrogen and oxygen atoms in total. The molecule has 0 aliphatic carbocycles. The van der Waals surface area contributed by atoms with E-state index in [0.717, 1.165) is 19.5 Å². The van der Waals surface area contributed by atoms with Crippen LogP contribution in [-0.2, 0) is 0 Å². The van der Waals surface area contributed by atoms with Crippen LogP contribution in [0.25, 0.3) is 0 Å². The van der Waals surface area contributed by atoms with Crippen molar-refractivity contribution in [2.45, 2.75) is 18.0 Å². The fourth-order valence-electron chi connectivity index (χ4n) is 3.53. The first kappa shape index (κ1) is 26.7. The number of benzene rings is 1. The third-order valence-electron chi connectivity index (χ3n) is 5.30. The molecule has 2 aromatic rings. The number of aliphatic imine (C=N–C) groups is 1. The number of nitrogens with one attached hydrogen (secondary N) is 1. The van der Waals surface area contributed by atoms with Crippen LogP contribution in [0.15, 0.2) is 41.5 Å². The predicted octanol–water partition coefficient (Wildman–Crippen LogP) is 3.91. The molecule has 2 heterocycles. The van der Waals surface area contributed by atoms with Crippen molar-refractivity contribution >= 4 is 52.6 Å². The van der Waals surface area contributed by atoms with Gasteiger partial charge in [-0.3, -0.25) is 4.79 Å². The average Bonchev–Trinajstić information content (AvgIpc) is 3.28. The zero-order valence-corrected chi connectivity index (χ0v) is 21.4. The second-order valence-electron chi connectivity index (χ2n) is 8.49. The molecule has 0 saturated carbocycles. The summed E-state index contributed by atoms with van der Waals surface area (Å²) in [5.74, 6) is 0.103. The Balaban J connectivity index is 1.83. The number of pyridine rings is 1. The summed E-state index contributed by atoms with van der Waals surface area (Å²) in [5, 5.41) is 2.71. The van der Waals surface area contributed by atoms with E-state index < -0.39 is 11.5 Å². The maximum atomic E-state index is 12.9. The van der Waals surface area contributed by atoms with Crippen LogP contribution in [0.3, 0.4) is 0 Å². The lowest BCUT2D eigenvalue weighted by Gasteiger charge is -2.23. The van der Waals surface area contributed by atoms with E-state index in [1.54, 1.807) is 17.3 Å². The number of thiocarbonyl (C=S) groups is 1. The Morgan fingerprint density at radius 2 is 2.00 bits per heavy atom. The number of ether oxygens (including phenoxy) is 1. The van der Waals surface area contributed by atoms with Gasteiger partial charge in [0.2, 0.25) is 0 Å². The molecule has 1 N–H and O–H groups in total. The quantitative estimate of drug-likeness (QED) is 0.243. The summed E-state index contributed by atoms with van der Waals surface area (Å²) in [7, 11) is 7.76. The fourth-order valence-corrected chi connectivity index (χ4v) is 3.81. The van der Waals surface area contributed by atoms with Crippen LogP contribution in [0.5, 0.6) is 5.75 Å². The number of alkyl halides is 3. The molecule has 1 aliphatic rings. The van der Waals surface area contributed by atoms with E-state index in [0.29, 0.717) is 28.1 Å². The Labute approximate surface area is 213 Å². The zero-order valence-electron chi connectivity index (χ0n) is 19.8. The van der Waals surface area contributed by atoms with Crippen LogP contribution < -0.4 is 15.0 Å². The van der Waals surface area contributed by atoms with E-state index in [1.807, 2.05) is 28.2 Å². The number of amides is 1. The predicted molar refractivity (Wildman–Crippen MR) is 138 cm³/mol. The largest absolute Gasteiger partial charge is 0.487 e. The Bertz CT molecular complexity index is 1090. The van der Waals surface area contributed by atoms with Crippen LogP contribution in [0.1, 0.15) is 22.3 Å². The SMILES string of the molecule is CN(C)C=NC(=S)c1cc(C(=O)Nc2ccc(OC(F)(F)Cl)cc2)cnc1N1CC[C@@H](N(C)C)C1. The van der Waals surface area contributed by atoms with Crippen molar-refractivity contribution in [1.82, 2.24) is 14.8 Å². The van der Waals surface area contributed by atoms with Crippen molar-refractivity contribution in [3.63, 3.8) is 0 Å². The minimum atomic E-state index is -3.82. The number of carbonyl (C=O) groups is 1. The summed E-state index contributed by atoms with van der Waals surface area (Å²) in [6.07, 6.45) is 4.07. The molecule has 188 valence electrons. The number of anilines is 2. The summed E-state index contributed by atoms with van der Waals surface area (Å²) < 4.78 is 29.9. The number of likely N-dealkylation sites (N-methyl/N-ethyl adjacent to an activating group) is 1. The molecule has 0 unspecified atom stereocenters. The average molecular weight is 525 g/mol. The molecule has 1 atom stereocenters. The van der Waals surface area contributed by atoms with Crippen molar-refractivity contribution < 1.29 is 18.3 Å². The van der Waals surface area contributed by atoms with Gasteiger partial charge in [-0.05, 0) is 50.8 Å². The van der Waals surface area contributed by atoms with Gasteiger partial charge in [0, 0.05) is 56.7 Å². The van der Waals surface area contributed by atoms with Gasteiger partial charge in [-0.1, -0.05) is 12.2 Å². The van der Waals surface area contributed by atoms with Crippen molar-refractivity contribution in [1.29, 1.82) is 0 Å². The summed E-state index contributed by atoms with van der Waals surface area (Å²) in [6.45, 7) is 1.60. The number of carbonyl (C=O) groups excluding carboxylic acids is 1.